The van der Waals surface area contributed by atoms with Crippen molar-refractivity contribution in [2.45, 2.75) is 18.2 Å². The second kappa shape index (κ2) is 5.41. The lowest BCUT2D eigenvalue weighted by Crippen LogP contribution is -2.43. The van der Waals surface area contributed by atoms with Gasteiger partial charge in [0.15, 0.2) is 0 Å². The Morgan fingerprint density at radius 1 is 1.33 bits per heavy atom. The number of fused-ring (bicyclic) bond motifs is 1. The summed E-state index contributed by atoms with van der Waals surface area (Å²) in [6.45, 7) is 4.85. The van der Waals surface area contributed by atoms with Crippen molar-refractivity contribution >= 4 is 10.0 Å². The Morgan fingerprint density at radius 2 is 2.10 bits per heavy atom. The van der Waals surface area contributed by atoms with Gasteiger partial charge in [-0.15, -0.1) is 0 Å². The van der Waals surface area contributed by atoms with Gasteiger partial charge in [0, 0.05) is 13.1 Å². The van der Waals surface area contributed by atoms with Gasteiger partial charge >= 0.3 is 0 Å². The fourth-order valence-corrected chi connectivity index (χ4v) is 5.08. The fraction of sp³-hybridized carbons (Fsp3) is 0.533. The molecule has 112 valence electrons. The summed E-state index contributed by atoms with van der Waals surface area (Å²) in [6.07, 6.45) is 0.923. The molecule has 2 aliphatic rings. The molecule has 1 N–H and O–H groups in total. The standard InChI is InChI=1S/C15H19N3O2S/c1-11-6-12(7-16)2-3-15(11)21(19,20)18-5-4-13-8-17-9-14(13)10-18/h2-3,6,13-14,17H,4-5,8-10H2,1H3. The van der Waals surface area contributed by atoms with Gasteiger partial charge in [0.1, 0.15) is 0 Å². The van der Waals surface area contributed by atoms with E-state index in [1.807, 2.05) is 6.07 Å². The molecule has 0 aliphatic carbocycles. The maximum Gasteiger partial charge on any atom is 0.243 e. The van der Waals surface area contributed by atoms with E-state index < -0.39 is 10.0 Å². The first-order valence-corrected chi connectivity index (χ1v) is 8.68. The van der Waals surface area contributed by atoms with E-state index in [1.54, 1.807) is 29.4 Å². The highest BCUT2D eigenvalue weighted by atomic mass is 32.2. The predicted octanol–water partition coefficient (Wildman–Crippen LogP) is 1.10. The average Bonchev–Trinajstić information content (AvgIpc) is 2.94. The van der Waals surface area contributed by atoms with Crippen LogP contribution in [0.15, 0.2) is 23.1 Å². The highest BCUT2D eigenvalue weighted by Crippen LogP contribution is 2.31. The van der Waals surface area contributed by atoms with Gasteiger partial charge in [0.05, 0.1) is 16.5 Å². The number of nitrogens with one attached hydrogen (secondary N) is 1. The zero-order valence-electron chi connectivity index (χ0n) is 12.0. The van der Waals surface area contributed by atoms with Gasteiger partial charge in [0.25, 0.3) is 0 Å². The van der Waals surface area contributed by atoms with Crippen LogP contribution in [-0.4, -0.2) is 38.9 Å². The summed E-state index contributed by atoms with van der Waals surface area (Å²) in [5.41, 5.74) is 1.13. The topological polar surface area (TPSA) is 73.2 Å². The van der Waals surface area contributed by atoms with Crippen molar-refractivity contribution in [3.8, 4) is 6.07 Å². The van der Waals surface area contributed by atoms with E-state index in [0.717, 1.165) is 19.5 Å². The largest absolute Gasteiger partial charge is 0.316 e. The fourth-order valence-electron chi connectivity index (χ4n) is 3.37. The Hall–Kier alpha value is -1.42. The minimum atomic E-state index is -3.46. The van der Waals surface area contributed by atoms with Crippen molar-refractivity contribution in [3.05, 3.63) is 29.3 Å². The Labute approximate surface area is 125 Å². The Morgan fingerprint density at radius 3 is 2.81 bits per heavy atom. The second-order valence-corrected chi connectivity index (χ2v) is 7.83. The molecule has 2 heterocycles. The lowest BCUT2D eigenvalue weighted by Gasteiger charge is -2.33. The highest BCUT2D eigenvalue weighted by Gasteiger charge is 2.38. The molecule has 0 spiro atoms. The third-order valence-electron chi connectivity index (χ3n) is 4.59. The Bertz CT molecular complexity index is 693. The summed E-state index contributed by atoms with van der Waals surface area (Å²) in [5.74, 6) is 1.03. The number of nitrogens with zero attached hydrogens (tertiary/aromatic N) is 2. The SMILES string of the molecule is Cc1cc(C#N)ccc1S(=O)(=O)N1CCC2CNCC2C1. The van der Waals surface area contributed by atoms with Crippen LogP contribution in [0.25, 0.3) is 0 Å². The van der Waals surface area contributed by atoms with Gasteiger partial charge in [-0.1, -0.05) is 0 Å². The summed E-state index contributed by atoms with van der Waals surface area (Å²) in [6, 6.07) is 6.81. The first kappa shape index (κ1) is 14.5. The van der Waals surface area contributed by atoms with E-state index in [-0.39, 0.29) is 0 Å². The number of sulfonamides is 1. The van der Waals surface area contributed by atoms with E-state index in [4.69, 9.17) is 5.26 Å². The number of rotatable bonds is 2. The first-order chi connectivity index (χ1) is 10.0. The van der Waals surface area contributed by atoms with E-state index in [9.17, 15) is 8.42 Å². The Balaban J connectivity index is 1.88. The van der Waals surface area contributed by atoms with Crippen molar-refractivity contribution in [1.29, 1.82) is 5.26 Å². The van der Waals surface area contributed by atoms with Crippen LogP contribution in [0.2, 0.25) is 0 Å². The maximum atomic E-state index is 12.8. The number of hydrogen-bond acceptors (Lipinski definition) is 4. The number of benzene rings is 1. The van der Waals surface area contributed by atoms with E-state index in [1.165, 1.54) is 0 Å². The van der Waals surface area contributed by atoms with Gasteiger partial charge in [-0.25, -0.2) is 8.42 Å². The molecule has 2 fully saturated rings. The normalized spacial score (nSPS) is 26.3. The molecule has 5 nitrogen and oxygen atoms in total. The van der Waals surface area contributed by atoms with Crippen LogP contribution in [0.5, 0.6) is 0 Å². The van der Waals surface area contributed by atoms with Crippen LogP contribution < -0.4 is 5.32 Å². The van der Waals surface area contributed by atoms with Gasteiger partial charge in [-0.2, -0.15) is 9.57 Å². The molecule has 0 radical (unpaired) electrons. The molecule has 21 heavy (non-hydrogen) atoms. The molecule has 0 amide bonds. The van der Waals surface area contributed by atoms with Crippen molar-refractivity contribution in [3.63, 3.8) is 0 Å². The number of nitriles is 1. The number of aryl methyl sites for hydroxylation is 1. The number of hydrogen-bond donors (Lipinski definition) is 1. The lowest BCUT2D eigenvalue weighted by molar-refractivity contribution is 0.228. The van der Waals surface area contributed by atoms with Crippen LogP contribution in [0.4, 0.5) is 0 Å². The summed E-state index contributed by atoms with van der Waals surface area (Å²) in [4.78, 5) is 0.325. The maximum absolute atomic E-state index is 12.8. The molecule has 0 saturated carbocycles. The number of piperidine rings is 1. The molecule has 3 rings (SSSR count). The molecule has 0 bridgehead atoms. The smallest absolute Gasteiger partial charge is 0.243 e. The molecule has 1 aromatic rings. The minimum Gasteiger partial charge on any atom is -0.316 e. The first-order valence-electron chi connectivity index (χ1n) is 7.24. The van der Waals surface area contributed by atoms with E-state index in [0.29, 0.717) is 40.9 Å². The molecule has 2 saturated heterocycles. The summed E-state index contributed by atoms with van der Waals surface area (Å²) < 4.78 is 27.2. The second-order valence-electron chi connectivity index (χ2n) is 5.92. The van der Waals surface area contributed by atoms with Crippen LogP contribution in [-0.2, 0) is 10.0 Å². The summed E-state index contributed by atoms with van der Waals surface area (Å²) in [7, 11) is -3.46. The zero-order chi connectivity index (χ0) is 15.0. The zero-order valence-corrected chi connectivity index (χ0v) is 12.9. The monoisotopic (exact) mass is 305 g/mol. The molecule has 0 aromatic heterocycles. The van der Waals surface area contributed by atoms with Crippen LogP contribution >= 0.6 is 0 Å². The predicted molar refractivity (Wildman–Crippen MR) is 79.1 cm³/mol. The van der Waals surface area contributed by atoms with Gasteiger partial charge in [-0.05, 0) is 62.0 Å². The van der Waals surface area contributed by atoms with Crippen LogP contribution in [0.3, 0.4) is 0 Å². The van der Waals surface area contributed by atoms with Gasteiger partial charge < -0.3 is 5.32 Å². The molecule has 6 heteroatoms. The molecule has 2 unspecified atom stereocenters. The van der Waals surface area contributed by atoms with E-state index >= 15 is 0 Å². The van der Waals surface area contributed by atoms with Crippen LogP contribution in [0.1, 0.15) is 17.5 Å². The molecule has 2 aliphatic heterocycles. The quantitative estimate of drug-likeness (QED) is 0.888. The summed E-state index contributed by atoms with van der Waals surface area (Å²) in [5, 5.41) is 12.2. The average molecular weight is 305 g/mol. The van der Waals surface area contributed by atoms with Crippen LogP contribution in [0, 0.1) is 30.1 Å². The lowest BCUT2D eigenvalue weighted by atomic mass is 9.90. The molecule has 1 aromatic carbocycles. The van der Waals surface area contributed by atoms with Gasteiger partial charge in [0.2, 0.25) is 10.0 Å². The Kier molecular flexibility index (Phi) is 3.74. The third kappa shape index (κ3) is 2.57. The van der Waals surface area contributed by atoms with Crippen molar-refractivity contribution in [1.82, 2.24) is 9.62 Å². The van der Waals surface area contributed by atoms with Crippen molar-refractivity contribution in [2.75, 3.05) is 26.2 Å². The van der Waals surface area contributed by atoms with Crippen molar-refractivity contribution < 1.29 is 8.42 Å². The summed E-state index contributed by atoms with van der Waals surface area (Å²) >= 11 is 0. The molecular weight excluding hydrogens is 286 g/mol. The minimum absolute atomic E-state index is 0.325. The third-order valence-corrected chi connectivity index (χ3v) is 6.61. The van der Waals surface area contributed by atoms with E-state index in [2.05, 4.69) is 5.32 Å². The van der Waals surface area contributed by atoms with Crippen molar-refractivity contribution in [2.24, 2.45) is 11.8 Å². The van der Waals surface area contributed by atoms with Gasteiger partial charge in [-0.3, -0.25) is 0 Å². The highest BCUT2D eigenvalue weighted by molar-refractivity contribution is 7.89. The molecular formula is C15H19N3O2S. The molecule has 2 atom stereocenters.